The topological polar surface area (TPSA) is 45.8 Å². The van der Waals surface area contributed by atoms with Crippen LogP contribution < -0.4 is 0 Å². The third-order valence-corrected chi connectivity index (χ3v) is 6.20. The summed E-state index contributed by atoms with van der Waals surface area (Å²) in [5.74, 6) is 0.561. The van der Waals surface area contributed by atoms with Crippen molar-refractivity contribution < 1.29 is 13.6 Å². The molecule has 8 heteroatoms. The fourth-order valence-electron chi connectivity index (χ4n) is 2.89. The average Bonchev–Trinajstić information content (AvgIpc) is 3.30. The van der Waals surface area contributed by atoms with Crippen molar-refractivity contribution in [2.24, 2.45) is 4.99 Å². The molecule has 0 spiro atoms. The molecule has 2 aromatic carbocycles. The van der Waals surface area contributed by atoms with Gasteiger partial charge in [-0.05, 0) is 67.2 Å². The van der Waals surface area contributed by atoms with E-state index in [0.717, 1.165) is 0 Å². The number of likely N-dealkylation sites (N-methyl/N-ethyl adjacent to an activating group) is 1. The van der Waals surface area contributed by atoms with Crippen LogP contribution in [0.4, 0.5) is 10.1 Å². The highest BCUT2D eigenvalue weighted by atomic mass is 35.5. The van der Waals surface area contributed by atoms with Crippen LogP contribution in [0.5, 0.6) is 0 Å². The fraction of sp³-hybridized carbons (Fsp3) is 0.0909. The molecular weight excluding hydrogens is 446 g/mol. The van der Waals surface area contributed by atoms with E-state index < -0.39 is 0 Å². The molecule has 1 fully saturated rings. The van der Waals surface area contributed by atoms with Crippen molar-refractivity contribution >= 4 is 57.8 Å². The largest absolute Gasteiger partial charge is 0.457 e. The Labute approximate surface area is 187 Å². The van der Waals surface area contributed by atoms with Gasteiger partial charge in [0.1, 0.15) is 17.3 Å². The quantitative estimate of drug-likeness (QED) is 0.393. The van der Waals surface area contributed by atoms with Crippen LogP contribution in [0.15, 0.2) is 68.9 Å². The molecule has 1 aliphatic rings. The highest BCUT2D eigenvalue weighted by Gasteiger charge is 2.32. The second-order valence-corrected chi connectivity index (χ2v) is 8.13. The predicted molar refractivity (Wildman–Crippen MR) is 121 cm³/mol. The molecule has 0 saturated carbocycles. The molecule has 4 nitrogen and oxygen atoms in total. The van der Waals surface area contributed by atoms with Gasteiger partial charge < -0.3 is 4.42 Å². The summed E-state index contributed by atoms with van der Waals surface area (Å²) in [6, 6.07) is 14.6. The van der Waals surface area contributed by atoms with Gasteiger partial charge >= 0.3 is 0 Å². The van der Waals surface area contributed by atoms with E-state index >= 15 is 0 Å². The third kappa shape index (κ3) is 4.17. The Morgan fingerprint density at radius 3 is 2.63 bits per heavy atom. The second kappa shape index (κ2) is 8.68. The fourth-order valence-corrected chi connectivity index (χ4v) is 4.33. The van der Waals surface area contributed by atoms with Gasteiger partial charge in [-0.25, -0.2) is 9.38 Å². The first-order valence-corrected chi connectivity index (χ1v) is 10.6. The maximum absolute atomic E-state index is 13.1. The molecule has 1 saturated heterocycles. The number of carbonyl (C=O) groups is 1. The lowest BCUT2D eigenvalue weighted by Gasteiger charge is -2.11. The number of furan rings is 1. The second-order valence-electron chi connectivity index (χ2n) is 6.33. The monoisotopic (exact) mass is 460 g/mol. The zero-order chi connectivity index (χ0) is 21.3. The van der Waals surface area contributed by atoms with E-state index in [0.29, 0.717) is 49.4 Å². The predicted octanol–water partition coefficient (Wildman–Crippen LogP) is 7.02. The molecule has 0 atom stereocenters. The molecule has 152 valence electrons. The SMILES string of the molecule is CCN1C(=O)/C(=C/c2ccc(-c3cccc(Cl)c3Cl)o2)SC1=Nc1ccc(F)cc1. The summed E-state index contributed by atoms with van der Waals surface area (Å²) in [6.07, 6.45) is 1.67. The van der Waals surface area contributed by atoms with E-state index in [4.69, 9.17) is 27.6 Å². The maximum Gasteiger partial charge on any atom is 0.266 e. The van der Waals surface area contributed by atoms with Gasteiger partial charge in [-0.3, -0.25) is 9.69 Å². The number of rotatable bonds is 4. The highest BCUT2D eigenvalue weighted by Crippen LogP contribution is 2.37. The number of amidine groups is 1. The number of carbonyl (C=O) groups excluding carboxylic acids is 1. The number of thioether (sulfide) groups is 1. The van der Waals surface area contributed by atoms with Gasteiger partial charge in [0.15, 0.2) is 5.17 Å². The van der Waals surface area contributed by atoms with Crippen molar-refractivity contribution in [3.05, 3.63) is 81.1 Å². The Morgan fingerprint density at radius 1 is 1.13 bits per heavy atom. The van der Waals surface area contributed by atoms with Crippen molar-refractivity contribution in [2.75, 3.05) is 6.54 Å². The summed E-state index contributed by atoms with van der Waals surface area (Å²) < 4.78 is 19.0. The van der Waals surface area contributed by atoms with E-state index in [1.165, 1.54) is 23.9 Å². The first-order valence-electron chi connectivity index (χ1n) is 9.06. The number of benzene rings is 2. The normalized spacial score (nSPS) is 16.8. The lowest BCUT2D eigenvalue weighted by molar-refractivity contribution is -0.122. The van der Waals surface area contributed by atoms with E-state index in [1.807, 2.05) is 13.0 Å². The Hall–Kier alpha value is -2.54. The molecular formula is C22H15Cl2FN2O2S. The molecule has 3 aromatic rings. The molecule has 4 rings (SSSR count). The van der Waals surface area contributed by atoms with Crippen molar-refractivity contribution in [2.45, 2.75) is 6.92 Å². The number of halogens is 3. The first kappa shape index (κ1) is 20.7. The Kier molecular flexibility index (Phi) is 5.99. The summed E-state index contributed by atoms with van der Waals surface area (Å²) in [5, 5.41) is 1.38. The van der Waals surface area contributed by atoms with E-state index in [2.05, 4.69) is 4.99 Å². The smallest absolute Gasteiger partial charge is 0.266 e. The van der Waals surface area contributed by atoms with Crippen molar-refractivity contribution in [1.29, 1.82) is 0 Å². The van der Waals surface area contributed by atoms with Gasteiger partial charge in [0.25, 0.3) is 5.91 Å². The molecule has 0 unspecified atom stereocenters. The molecule has 2 heterocycles. The van der Waals surface area contributed by atoms with E-state index in [-0.39, 0.29) is 11.7 Å². The first-order chi connectivity index (χ1) is 14.5. The van der Waals surface area contributed by atoms with Crippen LogP contribution in [-0.2, 0) is 4.79 Å². The van der Waals surface area contributed by atoms with Crippen molar-refractivity contribution in [3.8, 4) is 11.3 Å². The number of nitrogens with zero attached hydrogens (tertiary/aromatic N) is 2. The van der Waals surface area contributed by atoms with Crippen LogP contribution in [0.1, 0.15) is 12.7 Å². The molecule has 30 heavy (non-hydrogen) atoms. The van der Waals surface area contributed by atoms with E-state index in [9.17, 15) is 9.18 Å². The maximum atomic E-state index is 13.1. The minimum atomic E-state index is -0.338. The van der Waals surface area contributed by atoms with Gasteiger partial charge in [-0.2, -0.15) is 0 Å². The number of hydrogen-bond acceptors (Lipinski definition) is 4. The van der Waals surface area contributed by atoms with Crippen molar-refractivity contribution in [1.82, 2.24) is 4.90 Å². The van der Waals surface area contributed by atoms with E-state index in [1.54, 1.807) is 47.4 Å². The Balaban J connectivity index is 1.63. The minimum Gasteiger partial charge on any atom is -0.457 e. The van der Waals surface area contributed by atoms with Crippen LogP contribution in [-0.4, -0.2) is 22.5 Å². The molecule has 0 radical (unpaired) electrons. The number of amides is 1. The zero-order valence-electron chi connectivity index (χ0n) is 15.7. The molecule has 1 aliphatic heterocycles. The minimum absolute atomic E-state index is 0.165. The average molecular weight is 461 g/mol. The number of aliphatic imine (C=N–C) groups is 1. The highest BCUT2D eigenvalue weighted by molar-refractivity contribution is 8.18. The zero-order valence-corrected chi connectivity index (χ0v) is 18.1. The molecule has 0 bridgehead atoms. The lowest BCUT2D eigenvalue weighted by Crippen LogP contribution is -2.28. The summed E-state index contributed by atoms with van der Waals surface area (Å²) in [5.41, 5.74) is 1.25. The third-order valence-electron chi connectivity index (χ3n) is 4.37. The lowest BCUT2D eigenvalue weighted by atomic mass is 10.2. The number of hydrogen-bond donors (Lipinski definition) is 0. The Bertz CT molecular complexity index is 1170. The van der Waals surface area contributed by atoms with Gasteiger partial charge in [0.2, 0.25) is 0 Å². The van der Waals surface area contributed by atoms with Crippen LogP contribution in [0.2, 0.25) is 10.0 Å². The van der Waals surface area contributed by atoms with Crippen LogP contribution in [0.25, 0.3) is 17.4 Å². The van der Waals surface area contributed by atoms with Crippen LogP contribution in [0.3, 0.4) is 0 Å². The Morgan fingerprint density at radius 2 is 1.90 bits per heavy atom. The van der Waals surface area contributed by atoms with Crippen LogP contribution >= 0.6 is 35.0 Å². The van der Waals surface area contributed by atoms with Crippen molar-refractivity contribution in [3.63, 3.8) is 0 Å². The molecule has 1 aromatic heterocycles. The molecule has 0 aliphatic carbocycles. The van der Waals surface area contributed by atoms with Gasteiger partial charge in [0.05, 0.1) is 20.6 Å². The standard InChI is InChI=1S/C22H15Cl2FN2O2S/c1-2-27-21(28)19(30-22(27)26-14-8-6-13(25)7-9-14)12-15-10-11-18(29-15)16-4-3-5-17(23)20(16)24/h3-12H,2H2,1H3/b19-12-,26-22?. The van der Waals surface area contributed by atoms with Gasteiger partial charge in [-0.15, -0.1) is 0 Å². The summed E-state index contributed by atoms with van der Waals surface area (Å²) in [6.45, 7) is 2.33. The summed E-state index contributed by atoms with van der Waals surface area (Å²) in [4.78, 5) is 19.3. The molecule has 0 N–H and O–H groups in total. The van der Waals surface area contributed by atoms with Gasteiger partial charge in [-0.1, -0.05) is 29.3 Å². The van der Waals surface area contributed by atoms with Gasteiger partial charge in [0, 0.05) is 18.2 Å². The summed E-state index contributed by atoms with van der Waals surface area (Å²) >= 11 is 13.6. The summed E-state index contributed by atoms with van der Waals surface area (Å²) in [7, 11) is 0. The molecule has 1 amide bonds. The van der Waals surface area contributed by atoms with Crippen LogP contribution in [0, 0.1) is 5.82 Å².